The van der Waals surface area contributed by atoms with Crippen molar-refractivity contribution in [2.75, 3.05) is 7.11 Å². The summed E-state index contributed by atoms with van der Waals surface area (Å²) in [7, 11) is 1.24. The first kappa shape index (κ1) is 15.4. The molecule has 1 aromatic carbocycles. The summed E-state index contributed by atoms with van der Waals surface area (Å²) in [5, 5.41) is 10.9. The van der Waals surface area contributed by atoms with Crippen LogP contribution < -0.4 is 15.8 Å². The highest BCUT2D eigenvalue weighted by Crippen LogP contribution is 2.21. The Morgan fingerprint density at radius 3 is 2.60 bits per heavy atom. The highest BCUT2D eigenvalue weighted by Gasteiger charge is 2.25. The van der Waals surface area contributed by atoms with E-state index in [4.69, 9.17) is 15.6 Å². The number of benzene rings is 1. The average Bonchev–Trinajstić information content (AvgIpc) is 2.36. The standard InChI is InChI=1S/C12H13FN2O5/c1-20-8-4-2-3-6(13)10(8)11(17)15-7(12(18)19)5-9(14)16/h2-4,7H,5H2,1H3,(H2,14,16)(H,15,17)(H,18,19)/t7-/m0/s1. The van der Waals surface area contributed by atoms with Gasteiger partial charge in [0.1, 0.15) is 23.2 Å². The number of ether oxygens (including phenoxy) is 1. The lowest BCUT2D eigenvalue weighted by Crippen LogP contribution is -2.43. The number of primary amides is 1. The number of methoxy groups -OCH3 is 1. The van der Waals surface area contributed by atoms with E-state index in [-0.39, 0.29) is 5.75 Å². The highest BCUT2D eigenvalue weighted by molar-refractivity contribution is 5.99. The van der Waals surface area contributed by atoms with Crippen LogP contribution in [0.15, 0.2) is 18.2 Å². The van der Waals surface area contributed by atoms with Gasteiger partial charge in [0.25, 0.3) is 5.91 Å². The Kier molecular flexibility index (Phi) is 5.01. The van der Waals surface area contributed by atoms with Crippen molar-refractivity contribution in [3.05, 3.63) is 29.6 Å². The molecule has 0 radical (unpaired) electrons. The molecule has 0 aliphatic carbocycles. The van der Waals surface area contributed by atoms with Crippen molar-refractivity contribution in [2.24, 2.45) is 5.73 Å². The number of hydrogen-bond donors (Lipinski definition) is 3. The van der Waals surface area contributed by atoms with Gasteiger partial charge in [-0.15, -0.1) is 0 Å². The molecule has 4 N–H and O–H groups in total. The van der Waals surface area contributed by atoms with E-state index in [0.717, 1.165) is 6.07 Å². The van der Waals surface area contributed by atoms with Crippen molar-refractivity contribution in [1.82, 2.24) is 5.32 Å². The van der Waals surface area contributed by atoms with Crippen molar-refractivity contribution in [3.63, 3.8) is 0 Å². The van der Waals surface area contributed by atoms with E-state index in [1.165, 1.54) is 19.2 Å². The zero-order valence-electron chi connectivity index (χ0n) is 10.6. The SMILES string of the molecule is COc1cccc(F)c1C(=O)N[C@@H](CC(N)=O)C(=O)O. The quantitative estimate of drug-likeness (QED) is 0.673. The van der Waals surface area contributed by atoms with Gasteiger partial charge in [-0.25, -0.2) is 9.18 Å². The third-order valence-corrected chi connectivity index (χ3v) is 2.43. The van der Waals surface area contributed by atoms with Gasteiger partial charge >= 0.3 is 5.97 Å². The van der Waals surface area contributed by atoms with E-state index >= 15 is 0 Å². The van der Waals surface area contributed by atoms with Crippen LogP contribution in [0.5, 0.6) is 5.75 Å². The van der Waals surface area contributed by atoms with Gasteiger partial charge in [-0.3, -0.25) is 9.59 Å². The van der Waals surface area contributed by atoms with Gasteiger partial charge in [0.05, 0.1) is 13.5 Å². The molecule has 0 heterocycles. The molecule has 7 nitrogen and oxygen atoms in total. The minimum Gasteiger partial charge on any atom is -0.496 e. The van der Waals surface area contributed by atoms with Gasteiger partial charge in [-0.2, -0.15) is 0 Å². The normalized spacial score (nSPS) is 11.5. The molecule has 0 saturated carbocycles. The lowest BCUT2D eigenvalue weighted by Gasteiger charge is -2.14. The summed E-state index contributed by atoms with van der Waals surface area (Å²) < 4.78 is 18.5. The minimum atomic E-state index is -1.54. The van der Waals surface area contributed by atoms with Crippen LogP contribution in [0.25, 0.3) is 0 Å². The molecular weight excluding hydrogens is 271 g/mol. The molecule has 0 unspecified atom stereocenters. The Morgan fingerprint density at radius 1 is 1.45 bits per heavy atom. The third kappa shape index (κ3) is 3.67. The predicted molar refractivity (Wildman–Crippen MR) is 65.7 cm³/mol. The second-order valence-corrected chi connectivity index (χ2v) is 3.85. The second kappa shape index (κ2) is 6.50. The number of nitrogens with one attached hydrogen (secondary N) is 1. The van der Waals surface area contributed by atoms with E-state index in [1.807, 2.05) is 5.32 Å². The number of rotatable bonds is 6. The maximum atomic E-state index is 13.6. The number of carbonyl (C=O) groups excluding carboxylic acids is 2. The molecule has 2 amide bonds. The van der Waals surface area contributed by atoms with Gasteiger partial charge in [-0.1, -0.05) is 6.07 Å². The monoisotopic (exact) mass is 284 g/mol. The fourth-order valence-electron chi connectivity index (χ4n) is 1.53. The van der Waals surface area contributed by atoms with Crippen LogP contribution in [0.1, 0.15) is 16.8 Å². The fourth-order valence-corrected chi connectivity index (χ4v) is 1.53. The molecule has 20 heavy (non-hydrogen) atoms. The Bertz CT molecular complexity index is 547. The number of carbonyl (C=O) groups is 3. The maximum absolute atomic E-state index is 13.6. The smallest absolute Gasteiger partial charge is 0.326 e. The summed E-state index contributed by atoms with van der Waals surface area (Å²) in [6.07, 6.45) is -0.599. The van der Waals surface area contributed by atoms with Gasteiger partial charge in [0.15, 0.2) is 0 Å². The summed E-state index contributed by atoms with van der Waals surface area (Å²) in [5.74, 6) is -4.28. The first-order chi connectivity index (χ1) is 9.36. The molecule has 1 aromatic rings. The molecule has 0 aliphatic heterocycles. The Balaban J connectivity index is 3.00. The van der Waals surface area contributed by atoms with Crippen molar-refractivity contribution in [1.29, 1.82) is 0 Å². The largest absolute Gasteiger partial charge is 0.496 e. The van der Waals surface area contributed by atoms with Gasteiger partial charge in [0, 0.05) is 0 Å². The zero-order valence-corrected chi connectivity index (χ0v) is 10.6. The number of hydrogen-bond acceptors (Lipinski definition) is 4. The summed E-state index contributed by atoms with van der Waals surface area (Å²) in [6, 6.07) is 2.18. The number of aliphatic carboxylic acids is 1. The summed E-state index contributed by atoms with van der Waals surface area (Å²) >= 11 is 0. The molecule has 0 bridgehead atoms. The van der Waals surface area contributed by atoms with E-state index in [0.29, 0.717) is 0 Å². The summed E-state index contributed by atoms with van der Waals surface area (Å²) in [6.45, 7) is 0. The number of amides is 2. The van der Waals surface area contributed by atoms with Crippen molar-refractivity contribution in [3.8, 4) is 5.75 Å². The molecule has 108 valence electrons. The average molecular weight is 284 g/mol. The number of carboxylic acid groups (broad SMARTS) is 1. The van der Waals surface area contributed by atoms with Crippen LogP contribution in [-0.2, 0) is 9.59 Å². The van der Waals surface area contributed by atoms with Crippen molar-refractivity contribution >= 4 is 17.8 Å². The van der Waals surface area contributed by atoms with E-state index in [1.54, 1.807) is 0 Å². The predicted octanol–water partition coefficient (Wildman–Crippen LogP) is -0.107. The molecular formula is C12H13FN2O5. The first-order valence-electron chi connectivity index (χ1n) is 5.51. The lowest BCUT2D eigenvalue weighted by molar-refractivity contribution is -0.140. The number of halogens is 1. The minimum absolute atomic E-state index is 0.0503. The lowest BCUT2D eigenvalue weighted by atomic mass is 10.1. The van der Waals surface area contributed by atoms with E-state index < -0.39 is 41.6 Å². The van der Waals surface area contributed by atoms with Crippen molar-refractivity contribution < 1.29 is 28.6 Å². The highest BCUT2D eigenvalue weighted by atomic mass is 19.1. The maximum Gasteiger partial charge on any atom is 0.326 e. The van der Waals surface area contributed by atoms with Crippen LogP contribution in [0.3, 0.4) is 0 Å². The third-order valence-electron chi connectivity index (χ3n) is 2.43. The Hall–Kier alpha value is -2.64. The molecule has 0 aromatic heterocycles. The van der Waals surface area contributed by atoms with Crippen LogP contribution in [0, 0.1) is 5.82 Å². The second-order valence-electron chi connectivity index (χ2n) is 3.85. The zero-order chi connectivity index (χ0) is 15.3. The summed E-state index contributed by atoms with van der Waals surface area (Å²) in [5.41, 5.74) is 4.44. The van der Waals surface area contributed by atoms with E-state index in [9.17, 15) is 18.8 Å². The van der Waals surface area contributed by atoms with Gasteiger partial charge < -0.3 is 20.9 Å². The Morgan fingerprint density at radius 2 is 2.10 bits per heavy atom. The molecule has 0 aliphatic rings. The number of carboxylic acids is 1. The topological polar surface area (TPSA) is 119 Å². The molecule has 0 spiro atoms. The molecule has 0 saturated heterocycles. The van der Waals surface area contributed by atoms with Crippen LogP contribution in [0.2, 0.25) is 0 Å². The van der Waals surface area contributed by atoms with Crippen LogP contribution in [0.4, 0.5) is 4.39 Å². The first-order valence-corrected chi connectivity index (χ1v) is 5.51. The van der Waals surface area contributed by atoms with Gasteiger partial charge in [-0.05, 0) is 12.1 Å². The Labute approximate surface area is 113 Å². The van der Waals surface area contributed by atoms with E-state index in [2.05, 4.69) is 0 Å². The molecule has 8 heteroatoms. The number of nitrogens with two attached hydrogens (primary N) is 1. The molecule has 1 rings (SSSR count). The fraction of sp³-hybridized carbons (Fsp3) is 0.250. The van der Waals surface area contributed by atoms with Crippen LogP contribution >= 0.6 is 0 Å². The van der Waals surface area contributed by atoms with Crippen LogP contribution in [-0.4, -0.2) is 36.0 Å². The van der Waals surface area contributed by atoms with Crippen molar-refractivity contribution in [2.45, 2.75) is 12.5 Å². The summed E-state index contributed by atoms with van der Waals surface area (Å²) in [4.78, 5) is 33.5. The molecule has 0 fully saturated rings. The van der Waals surface area contributed by atoms with Gasteiger partial charge in [0.2, 0.25) is 5.91 Å². The molecule has 1 atom stereocenters.